The number of piperazine rings is 1. The maximum Gasteiger partial charge on any atom is 0.225 e. The Morgan fingerprint density at radius 3 is 2.38 bits per heavy atom. The van der Waals surface area contributed by atoms with Gasteiger partial charge in [-0.05, 0) is 50.2 Å². The molecule has 1 heterocycles. The minimum Gasteiger partial charge on any atom is -0.495 e. The number of nitrogens with one attached hydrogen (secondary N) is 1. The molecule has 0 aromatic heterocycles. The number of para-hydroxylation sites is 2. The smallest absolute Gasteiger partial charge is 0.225 e. The highest BCUT2D eigenvalue weighted by atomic mass is 16.5. The first-order chi connectivity index (χ1) is 14.0. The van der Waals surface area contributed by atoms with E-state index in [-0.39, 0.29) is 12.0 Å². The van der Waals surface area contributed by atoms with E-state index < -0.39 is 0 Å². The lowest BCUT2D eigenvalue weighted by Crippen LogP contribution is -2.47. The van der Waals surface area contributed by atoms with E-state index in [1.54, 1.807) is 7.11 Å². The molecule has 6 heteroatoms. The number of benzene rings is 2. The average Bonchev–Trinajstić information content (AvgIpc) is 2.73. The van der Waals surface area contributed by atoms with Crippen LogP contribution >= 0.6 is 0 Å². The van der Waals surface area contributed by atoms with Gasteiger partial charge < -0.3 is 19.7 Å². The summed E-state index contributed by atoms with van der Waals surface area (Å²) in [6.45, 7) is 8.48. The number of ether oxygens (including phenoxy) is 2. The van der Waals surface area contributed by atoms with Crippen LogP contribution in [0.15, 0.2) is 48.5 Å². The third-order valence-electron chi connectivity index (χ3n) is 4.96. The van der Waals surface area contributed by atoms with E-state index in [9.17, 15) is 4.79 Å². The second-order valence-corrected chi connectivity index (χ2v) is 7.49. The molecule has 0 radical (unpaired) electrons. The maximum atomic E-state index is 12.3. The third kappa shape index (κ3) is 6.12. The molecule has 0 unspecified atom stereocenters. The first-order valence-electron chi connectivity index (χ1n) is 10.2. The van der Waals surface area contributed by atoms with Crippen LogP contribution in [0.25, 0.3) is 0 Å². The highest BCUT2D eigenvalue weighted by Crippen LogP contribution is 2.28. The van der Waals surface area contributed by atoms with Crippen LogP contribution < -0.4 is 19.7 Å². The fourth-order valence-electron chi connectivity index (χ4n) is 3.48. The summed E-state index contributed by atoms with van der Waals surface area (Å²) in [4.78, 5) is 17.0. The van der Waals surface area contributed by atoms with E-state index in [2.05, 4.69) is 21.2 Å². The first-order valence-corrected chi connectivity index (χ1v) is 10.2. The van der Waals surface area contributed by atoms with E-state index in [0.717, 1.165) is 55.6 Å². The van der Waals surface area contributed by atoms with Gasteiger partial charge in [0, 0.05) is 44.8 Å². The molecule has 2 aromatic carbocycles. The zero-order chi connectivity index (χ0) is 20.6. The van der Waals surface area contributed by atoms with Crippen molar-refractivity contribution in [3.8, 4) is 11.5 Å². The quantitative estimate of drug-likeness (QED) is 0.737. The first kappa shape index (κ1) is 21.0. The molecule has 0 aliphatic carbocycles. The molecule has 1 aliphatic rings. The molecule has 0 atom stereocenters. The van der Waals surface area contributed by atoms with Crippen molar-refractivity contribution < 1.29 is 14.3 Å². The van der Waals surface area contributed by atoms with Crippen molar-refractivity contribution in [1.82, 2.24) is 4.90 Å². The van der Waals surface area contributed by atoms with Gasteiger partial charge in [0.05, 0.1) is 18.9 Å². The van der Waals surface area contributed by atoms with Gasteiger partial charge in [-0.15, -0.1) is 0 Å². The monoisotopic (exact) mass is 397 g/mol. The van der Waals surface area contributed by atoms with Gasteiger partial charge in [-0.25, -0.2) is 0 Å². The average molecular weight is 398 g/mol. The SMILES string of the molecule is COc1ccccc1N1CCN(CCC(=O)Nc2ccc(OC(C)C)cc2)CC1. The lowest BCUT2D eigenvalue weighted by atomic mass is 10.2. The second-order valence-electron chi connectivity index (χ2n) is 7.49. The van der Waals surface area contributed by atoms with E-state index in [1.165, 1.54) is 0 Å². The number of rotatable bonds is 8. The second kappa shape index (κ2) is 10.2. The Morgan fingerprint density at radius 2 is 1.72 bits per heavy atom. The lowest BCUT2D eigenvalue weighted by Gasteiger charge is -2.36. The largest absolute Gasteiger partial charge is 0.495 e. The number of carbonyl (C=O) groups excluding carboxylic acids is 1. The van der Waals surface area contributed by atoms with Crippen LogP contribution in [0.1, 0.15) is 20.3 Å². The Kier molecular flexibility index (Phi) is 7.36. The Labute approximate surface area is 173 Å². The number of hydrogen-bond donors (Lipinski definition) is 1. The van der Waals surface area contributed by atoms with Gasteiger partial charge in [-0.3, -0.25) is 9.69 Å². The molecule has 0 bridgehead atoms. The van der Waals surface area contributed by atoms with Crippen LogP contribution in [0.2, 0.25) is 0 Å². The van der Waals surface area contributed by atoms with Crippen molar-refractivity contribution in [1.29, 1.82) is 0 Å². The fourth-order valence-corrected chi connectivity index (χ4v) is 3.48. The summed E-state index contributed by atoms with van der Waals surface area (Å²) in [5.74, 6) is 1.76. The Hall–Kier alpha value is -2.73. The summed E-state index contributed by atoms with van der Waals surface area (Å²) in [6.07, 6.45) is 0.623. The van der Waals surface area contributed by atoms with E-state index in [0.29, 0.717) is 6.42 Å². The highest BCUT2D eigenvalue weighted by Gasteiger charge is 2.19. The van der Waals surface area contributed by atoms with Gasteiger partial charge >= 0.3 is 0 Å². The molecule has 0 saturated carbocycles. The van der Waals surface area contributed by atoms with Gasteiger partial charge in [0.25, 0.3) is 0 Å². The summed E-state index contributed by atoms with van der Waals surface area (Å²) in [7, 11) is 1.71. The highest BCUT2D eigenvalue weighted by molar-refractivity contribution is 5.90. The summed E-state index contributed by atoms with van der Waals surface area (Å²) in [5, 5.41) is 2.96. The van der Waals surface area contributed by atoms with E-state index in [4.69, 9.17) is 9.47 Å². The molecular formula is C23H31N3O3. The molecule has 2 aromatic rings. The summed E-state index contributed by atoms with van der Waals surface area (Å²) in [6, 6.07) is 15.6. The Morgan fingerprint density at radius 1 is 1.03 bits per heavy atom. The molecule has 6 nitrogen and oxygen atoms in total. The lowest BCUT2D eigenvalue weighted by molar-refractivity contribution is -0.116. The molecular weight excluding hydrogens is 366 g/mol. The van der Waals surface area contributed by atoms with Gasteiger partial charge in [-0.2, -0.15) is 0 Å². The third-order valence-corrected chi connectivity index (χ3v) is 4.96. The number of methoxy groups -OCH3 is 1. The summed E-state index contributed by atoms with van der Waals surface area (Å²) in [5.41, 5.74) is 1.93. The fraction of sp³-hybridized carbons (Fsp3) is 0.435. The van der Waals surface area contributed by atoms with Gasteiger partial charge in [0.15, 0.2) is 0 Å². The standard InChI is InChI=1S/C23H31N3O3/c1-18(2)29-20-10-8-19(9-11-20)24-23(27)12-13-25-14-16-26(17-15-25)21-6-4-5-7-22(21)28-3/h4-11,18H,12-17H2,1-3H3,(H,24,27). The van der Waals surface area contributed by atoms with Crippen molar-refractivity contribution in [2.75, 3.05) is 50.1 Å². The molecule has 1 N–H and O–H groups in total. The zero-order valence-corrected chi connectivity index (χ0v) is 17.6. The van der Waals surface area contributed by atoms with Crippen LogP contribution in [-0.2, 0) is 4.79 Å². The van der Waals surface area contributed by atoms with E-state index in [1.807, 2.05) is 56.3 Å². The van der Waals surface area contributed by atoms with Crippen LogP contribution in [0.5, 0.6) is 11.5 Å². The Bertz CT molecular complexity index is 784. The minimum atomic E-state index is 0.0367. The molecule has 1 fully saturated rings. The number of anilines is 2. The molecule has 1 aliphatic heterocycles. The molecule has 0 spiro atoms. The van der Waals surface area contributed by atoms with Crippen LogP contribution in [0.4, 0.5) is 11.4 Å². The number of amides is 1. The normalized spacial score (nSPS) is 14.7. The topological polar surface area (TPSA) is 54.0 Å². The van der Waals surface area contributed by atoms with Crippen LogP contribution in [0, 0.1) is 0 Å². The predicted molar refractivity (Wildman–Crippen MR) is 117 cm³/mol. The van der Waals surface area contributed by atoms with Gasteiger partial charge in [0.1, 0.15) is 11.5 Å². The molecule has 156 valence electrons. The van der Waals surface area contributed by atoms with Crippen LogP contribution in [-0.4, -0.2) is 56.7 Å². The Balaban J connectivity index is 1.41. The van der Waals surface area contributed by atoms with Gasteiger partial charge in [0.2, 0.25) is 5.91 Å². The summed E-state index contributed by atoms with van der Waals surface area (Å²) < 4.78 is 11.1. The van der Waals surface area contributed by atoms with Gasteiger partial charge in [-0.1, -0.05) is 12.1 Å². The van der Waals surface area contributed by atoms with Crippen molar-refractivity contribution >= 4 is 17.3 Å². The van der Waals surface area contributed by atoms with Crippen molar-refractivity contribution in [3.05, 3.63) is 48.5 Å². The minimum absolute atomic E-state index is 0.0367. The van der Waals surface area contributed by atoms with Crippen molar-refractivity contribution in [2.45, 2.75) is 26.4 Å². The predicted octanol–water partition coefficient (Wildman–Crippen LogP) is 3.63. The number of carbonyl (C=O) groups is 1. The van der Waals surface area contributed by atoms with Crippen molar-refractivity contribution in [2.24, 2.45) is 0 Å². The molecule has 1 amide bonds. The van der Waals surface area contributed by atoms with E-state index >= 15 is 0 Å². The summed E-state index contributed by atoms with van der Waals surface area (Å²) >= 11 is 0. The number of nitrogens with zero attached hydrogens (tertiary/aromatic N) is 2. The molecule has 29 heavy (non-hydrogen) atoms. The zero-order valence-electron chi connectivity index (χ0n) is 17.6. The number of hydrogen-bond acceptors (Lipinski definition) is 5. The van der Waals surface area contributed by atoms with Crippen molar-refractivity contribution in [3.63, 3.8) is 0 Å². The maximum absolute atomic E-state index is 12.3. The molecule has 1 saturated heterocycles. The molecule has 3 rings (SSSR count). The van der Waals surface area contributed by atoms with Crippen LogP contribution in [0.3, 0.4) is 0 Å².